The number of rotatable bonds is 7. The molecule has 0 atom stereocenters. The Hall–Kier alpha value is -1.66. The predicted octanol–water partition coefficient (Wildman–Crippen LogP) is 0.686. The van der Waals surface area contributed by atoms with Crippen LogP contribution in [0.5, 0.6) is 0 Å². The van der Waals surface area contributed by atoms with Gasteiger partial charge < -0.3 is 15.4 Å². The van der Waals surface area contributed by atoms with E-state index in [0.29, 0.717) is 0 Å². The average molecular weight is 249 g/mol. The van der Waals surface area contributed by atoms with Crippen molar-refractivity contribution in [2.75, 3.05) is 38.7 Å². The number of nitrogens with zero attached hydrogens (tertiary/aromatic N) is 3. The highest BCUT2D eigenvalue weighted by Crippen LogP contribution is 2.13. The number of aryl methyl sites for hydroxylation is 1. The summed E-state index contributed by atoms with van der Waals surface area (Å²) in [4.78, 5) is 4.33. The molecule has 98 valence electrons. The van der Waals surface area contributed by atoms with Gasteiger partial charge in [0.15, 0.2) is 5.82 Å². The zero-order chi connectivity index (χ0) is 12.8. The van der Waals surface area contributed by atoms with Gasteiger partial charge in [0.25, 0.3) is 0 Å². The fourth-order valence-corrected chi connectivity index (χ4v) is 1.75. The van der Waals surface area contributed by atoms with Crippen LogP contribution in [0, 0.1) is 6.92 Å². The molecule has 0 bridgehead atoms. The number of ether oxygens (including phenoxy) is 1. The van der Waals surface area contributed by atoms with E-state index in [1.165, 1.54) is 0 Å². The lowest BCUT2D eigenvalue weighted by Crippen LogP contribution is -2.25. The van der Waals surface area contributed by atoms with Crippen molar-refractivity contribution in [1.29, 1.82) is 0 Å². The maximum Gasteiger partial charge on any atom is 0.152 e. The minimum Gasteiger partial charge on any atom is -0.383 e. The van der Waals surface area contributed by atoms with Gasteiger partial charge >= 0.3 is 0 Å². The lowest BCUT2D eigenvalue weighted by atomic mass is 10.4. The predicted molar refractivity (Wildman–Crippen MR) is 71.0 cm³/mol. The summed E-state index contributed by atoms with van der Waals surface area (Å²) < 4.78 is 6.80. The molecular formula is C12H19N5O. The van der Waals surface area contributed by atoms with Gasteiger partial charge in [0.2, 0.25) is 0 Å². The minimum absolute atomic E-state index is 0.732. The van der Waals surface area contributed by atoms with E-state index >= 15 is 0 Å². The van der Waals surface area contributed by atoms with Gasteiger partial charge in [-0.3, -0.25) is 0 Å². The fourth-order valence-electron chi connectivity index (χ4n) is 1.75. The maximum atomic E-state index is 4.96. The third-order valence-electron chi connectivity index (χ3n) is 2.59. The molecule has 2 aromatic rings. The van der Waals surface area contributed by atoms with E-state index in [1.807, 2.05) is 23.7 Å². The molecular weight excluding hydrogens is 230 g/mol. The second-order valence-corrected chi connectivity index (χ2v) is 4.06. The first-order valence-electron chi connectivity index (χ1n) is 6.06. The smallest absolute Gasteiger partial charge is 0.152 e. The molecule has 2 rings (SSSR count). The van der Waals surface area contributed by atoms with Gasteiger partial charge in [-0.05, 0) is 13.0 Å². The molecule has 2 heterocycles. The lowest BCUT2D eigenvalue weighted by molar-refractivity contribution is 0.200. The van der Waals surface area contributed by atoms with Crippen LogP contribution in [0.1, 0.15) is 5.69 Å². The van der Waals surface area contributed by atoms with E-state index in [2.05, 4.69) is 20.7 Å². The van der Waals surface area contributed by atoms with Crippen molar-refractivity contribution < 1.29 is 4.74 Å². The number of hydrogen-bond acceptors (Lipinski definition) is 5. The van der Waals surface area contributed by atoms with Gasteiger partial charge in [-0.25, -0.2) is 9.50 Å². The lowest BCUT2D eigenvalue weighted by Gasteiger charge is -2.07. The molecule has 2 N–H and O–H groups in total. The summed E-state index contributed by atoms with van der Waals surface area (Å²) in [5.41, 5.74) is 2.00. The monoisotopic (exact) mass is 249 g/mol. The van der Waals surface area contributed by atoms with Crippen molar-refractivity contribution in [2.45, 2.75) is 6.92 Å². The Morgan fingerprint density at radius 1 is 1.33 bits per heavy atom. The van der Waals surface area contributed by atoms with Gasteiger partial charge in [0.05, 0.1) is 12.3 Å². The summed E-state index contributed by atoms with van der Waals surface area (Å²) in [7, 11) is 1.70. The van der Waals surface area contributed by atoms with Crippen LogP contribution in [-0.2, 0) is 4.74 Å². The number of anilines is 1. The summed E-state index contributed by atoms with van der Waals surface area (Å²) in [5, 5.41) is 10.9. The van der Waals surface area contributed by atoms with Gasteiger partial charge in [0, 0.05) is 39.1 Å². The number of methoxy groups -OCH3 is 1. The highest BCUT2D eigenvalue weighted by atomic mass is 16.5. The van der Waals surface area contributed by atoms with Gasteiger partial charge in [-0.1, -0.05) is 0 Å². The van der Waals surface area contributed by atoms with E-state index in [9.17, 15) is 0 Å². The zero-order valence-corrected chi connectivity index (χ0v) is 10.8. The molecule has 0 unspecified atom stereocenters. The second kappa shape index (κ2) is 6.32. The van der Waals surface area contributed by atoms with E-state index < -0.39 is 0 Å². The summed E-state index contributed by atoms with van der Waals surface area (Å²) in [6, 6.07) is 2.02. The molecule has 0 saturated carbocycles. The Labute approximate surface area is 106 Å². The number of nitrogens with one attached hydrogen (secondary N) is 2. The first-order valence-corrected chi connectivity index (χ1v) is 6.06. The van der Waals surface area contributed by atoms with Crippen LogP contribution in [0.15, 0.2) is 18.5 Å². The number of aromatic nitrogens is 3. The molecule has 0 aliphatic carbocycles. The van der Waals surface area contributed by atoms with Crippen LogP contribution in [0.25, 0.3) is 5.52 Å². The first-order chi connectivity index (χ1) is 8.81. The zero-order valence-electron chi connectivity index (χ0n) is 10.8. The Morgan fingerprint density at radius 3 is 3.06 bits per heavy atom. The molecule has 0 saturated heterocycles. The molecule has 18 heavy (non-hydrogen) atoms. The molecule has 0 aliphatic rings. The summed E-state index contributed by atoms with van der Waals surface area (Å²) in [5.74, 6) is 0.867. The van der Waals surface area contributed by atoms with Crippen molar-refractivity contribution in [2.24, 2.45) is 0 Å². The number of hydrogen-bond donors (Lipinski definition) is 2. The Balaban J connectivity index is 1.87. The summed E-state index contributed by atoms with van der Waals surface area (Å²) in [6.45, 7) is 5.26. The van der Waals surface area contributed by atoms with Crippen molar-refractivity contribution in [3.05, 3.63) is 24.2 Å². The minimum atomic E-state index is 0.732. The van der Waals surface area contributed by atoms with Crippen molar-refractivity contribution in [3.63, 3.8) is 0 Å². The quantitative estimate of drug-likeness (QED) is 0.707. The molecule has 0 aromatic carbocycles. The van der Waals surface area contributed by atoms with Crippen LogP contribution in [0.2, 0.25) is 0 Å². The molecule has 0 aliphatic heterocycles. The molecule has 0 spiro atoms. The topological polar surface area (TPSA) is 63.5 Å². The Kier molecular flexibility index (Phi) is 4.49. The SMILES string of the molecule is COCCNCCNc1nccn2nc(C)cc12. The Morgan fingerprint density at radius 2 is 2.22 bits per heavy atom. The maximum absolute atomic E-state index is 4.96. The number of fused-ring (bicyclic) bond motifs is 1. The van der Waals surface area contributed by atoms with Crippen molar-refractivity contribution in [1.82, 2.24) is 19.9 Å². The molecule has 0 radical (unpaired) electrons. The van der Waals surface area contributed by atoms with Crippen molar-refractivity contribution >= 4 is 11.3 Å². The fraction of sp³-hybridized carbons (Fsp3) is 0.500. The van der Waals surface area contributed by atoms with Crippen LogP contribution in [0.4, 0.5) is 5.82 Å². The van der Waals surface area contributed by atoms with Crippen LogP contribution >= 0.6 is 0 Å². The van der Waals surface area contributed by atoms with Crippen LogP contribution in [-0.4, -0.2) is 47.9 Å². The van der Waals surface area contributed by atoms with E-state index in [0.717, 1.165) is 43.3 Å². The third-order valence-corrected chi connectivity index (χ3v) is 2.59. The molecule has 0 fully saturated rings. The molecule has 6 heteroatoms. The molecule has 2 aromatic heterocycles. The third kappa shape index (κ3) is 3.18. The van der Waals surface area contributed by atoms with Crippen LogP contribution in [0.3, 0.4) is 0 Å². The van der Waals surface area contributed by atoms with Gasteiger partial charge in [0.1, 0.15) is 5.52 Å². The average Bonchev–Trinajstić information content (AvgIpc) is 2.74. The Bertz CT molecular complexity index is 496. The summed E-state index contributed by atoms with van der Waals surface area (Å²) in [6.07, 6.45) is 3.60. The van der Waals surface area contributed by atoms with E-state index in [-0.39, 0.29) is 0 Å². The van der Waals surface area contributed by atoms with E-state index in [4.69, 9.17) is 4.74 Å². The summed E-state index contributed by atoms with van der Waals surface area (Å²) >= 11 is 0. The normalized spacial score (nSPS) is 11.0. The van der Waals surface area contributed by atoms with E-state index in [1.54, 1.807) is 13.3 Å². The van der Waals surface area contributed by atoms with Crippen molar-refractivity contribution in [3.8, 4) is 0 Å². The molecule has 0 amide bonds. The highest BCUT2D eigenvalue weighted by Gasteiger charge is 2.03. The standard InChI is InChI=1S/C12H19N5O/c1-10-9-11-12(15-5-7-17(11)16-10)14-4-3-13-6-8-18-2/h5,7,9,13H,3-4,6,8H2,1-2H3,(H,14,15). The highest BCUT2D eigenvalue weighted by molar-refractivity contribution is 5.67. The first kappa shape index (κ1) is 12.8. The second-order valence-electron chi connectivity index (χ2n) is 4.06. The van der Waals surface area contributed by atoms with Gasteiger partial charge in [-0.2, -0.15) is 5.10 Å². The molecule has 6 nitrogen and oxygen atoms in total. The largest absolute Gasteiger partial charge is 0.383 e. The van der Waals surface area contributed by atoms with Gasteiger partial charge in [-0.15, -0.1) is 0 Å². The van der Waals surface area contributed by atoms with Crippen LogP contribution < -0.4 is 10.6 Å².